The molecule has 6 heteroatoms. The summed E-state index contributed by atoms with van der Waals surface area (Å²) < 4.78 is 42.9. The number of hydrogen-bond acceptors (Lipinski definition) is 3. The van der Waals surface area contributed by atoms with Gasteiger partial charge in [-0.05, 0) is 29.7 Å². The van der Waals surface area contributed by atoms with Gasteiger partial charge in [-0.3, -0.25) is 4.90 Å². The minimum absolute atomic E-state index is 0.210. The smallest absolute Gasteiger partial charge is 0.246 e. The largest absolute Gasteiger partial charge is 0.297 e. The Hall–Kier alpha value is -2.54. The zero-order valence-corrected chi connectivity index (χ0v) is 17.5. The number of hydrogen-bond donors (Lipinski definition) is 0. The van der Waals surface area contributed by atoms with Crippen LogP contribution < -0.4 is 0 Å². The maximum atomic E-state index is 14.4. The van der Waals surface area contributed by atoms with E-state index in [0.29, 0.717) is 13.0 Å². The Morgan fingerprint density at radius 3 is 2.13 bits per heavy atom. The van der Waals surface area contributed by atoms with Crippen LogP contribution in [0.15, 0.2) is 89.8 Å². The van der Waals surface area contributed by atoms with E-state index in [1.165, 1.54) is 28.1 Å². The summed E-state index contributed by atoms with van der Waals surface area (Å²) in [7, 11) is -3.98. The molecule has 1 aliphatic rings. The molecule has 0 radical (unpaired) electrons. The molecule has 0 bridgehead atoms. The minimum atomic E-state index is -3.98. The van der Waals surface area contributed by atoms with Crippen LogP contribution in [0.3, 0.4) is 0 Å². The molecule has 0 spiro atoms. The van der Waals surface area contributed by atoms with Crippen LogP contribution in [-0.2, 0) is 23.1 Å². The quantitative estimate of drug-likeness (QED) is 0.568. The van der Waals surface area contributed by atoms with E-state index >= 15 is 0 Å². The number of benzene rings is 3. The highest BCUT2D eigenvalue weighted by molar-refractivity contribution is 7.89. The van der Waals surface area contributed by atoms with Crippen molar-refractivity contribution in [2.24, 2.45) is 0 Å². The van der Waals surface area contributed by atoms with Gasteiger partial charge >= 0.3 is 0 Å². The van der Waals surface area contributed by atoms with Gasteiger partial charge < -0.3 is 0 Å². The summed E-state index contributed by atoms with van der Waals surface area (Å²) in [6.45, 7) is 2.42. The second-order valence-electron chi connectivity index (χ2n) is 7.63. The first-order valence-electron chi connectivity index (χ1n) is 10.1. The standard InChI is InChI=1S/C24H25FN2O2S/c25-23-13-7-8-14-24(23)30(28,29)27(18-21-11-5-2-6-12-21)22-15-16-26(19-22)17-20-9-3-1-4-10-20/h1-14,22H,15-19H2. The van der Waals surface area contributed by atoms with E-state index in [0.717, 1.165) is 18.7 Å². The van der Waals surface area contributed by atoms with Crippen LogP contribution in [0.4, 0.5) is 4.39 Å². The Balaban J connectivity index is 1.60. The van der Waals surface area contributed by atoms with Gasteiger partial charge in [0.25, 0.3) is 0 Å². The van der Waals surface area contributed by atoms with Crippen LogP contribution >= 0.6 is 0 Å². The molecule has 1 unspecified atom stereocenters. The lowest BCUT2D eigenvalue weighted by Gasteiger charge is -2.29. The molecular formula is C24H25FN2O2S. The molecule has 0 aliphatic carbocycles. The number of halogens is 1. The van der Waals surface area contributed by atoms with Gasteiger partial charge in [-0.15, -0.1) is 0 Å². The summed E-state index contributed by atoms with van der Waals surface area (Å²) in [5.74, 6) is -0.713. The van der Waals surface area contributed by atoms with Crippen molar-refractivity contribution in [3.8, 4) is 0 Å². The lowest BCUT2D eigenvalue weighted by atomic mass is 10.2. The Labute approximate surface area is 177 Å². The third-order valence-corrected chi connectivity index (χ3v) is 7.44. The highest BCUT2D eigenvalue weighted by Crippen LogP contribution is 2.28. The molecule has 0 N–H and O–H groups in total. The maximum Gasteiger partial charge on any atom is 0.246 e. The summed E-state index contributed by atoms with van der Waals surface area (Å²) in [5.41, 5.74) is 2.09. The van der Waals surface area contributed by atoms with Gasteiger partial charge in [0.1, 0.15) is 10.7 Å². The second kappa shape index (κ2) is 9.08. The van der Waals surface area contributed by atoms with Crippen molar-refractivity contribution in [1.29, 1.82) is 0 Å². The van der Waals surface area contributed by atoms with Crippen molar-refractivity contribution in [2.75, 3.05) is 13.1 Å². The van der Waals surface area contributed by atoms with Crippen LogP contribution in [0.25, 0.3) is 0 Å². The molecule has 30 heavy (non-hydrogen) atoms. The number of rotatable bonds is 7. The lowest BCUT2D eigenvalue weighted by Crippen LogP contribution is -2.41. The average molecular weight is 425 g/mol. The maximum absolute atomic E-state index is 14.4. The molecule has 3 aromatic rings. The van der Waals surface area contributed by atoms with Crippen molar-refractivity contribution < 1.29 is 12.8 Å². The van der Waals surface area contributed by atoms with E-state index in [2.05, 4.69) is 17.0 Å². The summed E-state index contributed by atoms with van der Waals surface area (Å²) >= 11 is 0. The van der Waals surface area contributed by atoms with E-state index in [1.54, 1.807) is 6.07 Å². The average Bonchev–Trinajstić information content (AvgIpc) is 3.21. The van der Waals surface area contributed by atoms with Crippen LogP contribution in [0.2, 0.25) is 0 Å². The van der Waals surface area contributed by atoms with E-state index < -0.39 is 15.8 Å². The van der Waals surface area contributed by atoms with E-state index in [-0.39, 0.29) is 17.5 Å². The predicted octanol–water partition coefficient (Wildman–Crippen LogP) is 4.29. The molecule has 1 aliphatic heterocycles. The zero-order valence-electron chi connectivity index (χ0n) is 16.7. The fraction of sp³-hybridized carbons (Fsp3) is 0.250. The van der Waals surface area contributed by atoms with Crippen molar-refractivity contribution in [3.63, 3.8) is 0 Å². The number of sulfonamides is 1. The molecule has 4 rings (SSSR count). The van der Waals surface area contributed by atoms with Crippen molar-refractivity contribution in [2.45, 2.75) is 30.4 Å². The summed E-state index contributed by atoms with van der Waals surface area (Å²) in [6, 6.07) is 25.0. The molecule has 1 fully saturated rings. The van der Waals surface area contributed by atoms with E-state index in [1.807, 2.05) is 48.5 Å². The summed E-state index contributed by atoms with van der Waals surface area (Å²) in [6.07, 6.45) is 0.716. The number of nitrogens with zero attached hydrogens (tertiary/aromatic N) is 2. The molecule has 4 nitrogen and oxygen atoms in total. The summed E-state index contributed by atoms with van der Waals surface area (Å²) in [5, 5.41) is 0. The Morgan fingerprint density at radius 2 is 1.47 bits per heavy atom. The first-order valence-corrected chi connectivity index (χ1v) is 11.5. The van der Waals surface area contributed by atoms with Crippen LogP contribution in [0, 0.1) is 5.82 Å². The topological polar surface area (TPSA) is 40.6 Å². The molecular weight excluding hydrogens is 399 g/mol. The number of likely N-dealkylation sites (tertiary alicyclic amines) is 1. The second-order valence-corrected chi connectivity index (χ2v) is 9.49. The van der Waals surface area contributed by atoms with Gasteiger partial charge in [0, 0.05) is 32.2 Å². The summed E-state index contributed by atoms with van der Waals surface area (Å²) in [4.78, 5) is 2.00. The molecule has 0 amide bonds. The van der Waals surface area contributed by atoms with Gasteiger partial charge in [-0.2, -0.15) is 4.31 Å². The third-order valence-electron chi connectivity index (χ3n) is 5.51. The fourth-order valence-electron chi connectivity index (χ4n) is 3.99. The van der Waals surface area contributed by atoms with Gasteiger partial charge in [-0.25, -0.2) is 12.8 Å². The molecule has 1 atom stereocenters. The van der Waals surface area contributed by atoms with Crippen molar-refractivity contribution >= 4 is 10.0 Å². The van der Waals surface area contributed by atoms with Crippen LogP contribution in [0.5, 0.6) is 0 Å². The lowest BCUT2D eigenvalue weighted by molar-refractivity contribution is 0.276. The third kappa shape index (κ3) is 4.61. The Morgan fingerprint density at radius 1 is 0.867 bits per heavy atom. The highest BCUT2D eigenvalue weighted by Gasteiger charge is 2.37. The Kier molecular flexibility index (Phi) is 6.27. The molecule has 0 saturated carbocycles. The minimum Gasteiger partial charge on any atom is -0.297 e. The first kappa shape index (κ1) is 20.7. The van der Waals surface area contributed by atoms with Gasteiger partial charge in [0.2, 0.25) is 10.0 Å². The predicted molar refractivity (Wildman–Crippen MR) is 116 cm³/mol. The Bertz CT molecular complexity index is 1070. The monoisotopic (exact) mass is 424 g/mol. The van der Waals surface area contributed by atoms with Crippen molar-refractivity contribution in [3.05, 3.63) is 102 Å². The van der Waals surface area contributed by atoms with E-state index in [4.69, 9.17) is 0 Å². The SMILES string of the molecule is O=S(=O)(c1ccccc1F)N(Cc1ccccc1)C1CCN(Cc2ccccc2)C1. The van der Waals surface area contributed by atoms with Crippen LogP contribution in [-0.4, -0.2) is 36.8 Å². The first-order chi connectivity index (χ1) is 14.5. The zero-order chi connectivity index (χ0) is 21.0. The molecule has 1 saturated heterocycles. The van der Waals surface area contributed by atoms with Crippen LogP contribution in [0.1, 0.15) is 17.5 Å². The molecule has 156 valence electrons. The van der Waals surface area contributed by atoms with Gasteiger partial charge in [0.15, 0.2) is 0 Å². The molecule has 1 heterocycles. The molecule has 0 aromatic heterocycles. The molecule has 3 aromatic carbocycles. The fourth-order valence-corrected chi connectivity index (χ4v) is 5.69. The van der Waals surface area contributed by atoms with Gasteiger partial charge in [-0.1, -0.05) is 72.8 Å². The van der Waals surface area contributed by atoms with E-state index in [9.17, 15) is 12.8 Å². The highest BCUT2D eigenvalue weighted by atomic mass is 32.2. The van der Waals surface area contributed by atoms with Crippen molar-refractivity contribution in [1.82, 2.24) is 9.21 Å². The van der Waals surface area contributed by atoms with Gasteiger partial charge in [0.05, 0.1) is 0 Å². The normalized spacial score (nSPS) is 17.5.